The number of nitrogens with one attached hydrogen (secondary N) is 1. The average Bonchev–Trinajstić information content (AvgIpc) is 2.63. The van der Waals surface area contributed by atoms with Crippen LogP contribution in [0.2, 0.25) is 0 Å². The first-order valence-corrected chi connectivity index (χ1v) is 9.21. The minimum absolute atomic E-state index is 0.0195. The van der Waals surface area contributed by atoms with Crippen molar-refractivity contribution >= 4 is 23.6 Å². The van der Waals surface area contributed by atoms with E-state index in [-0.39, 0.29) is 23.9 Å². The number of amides is 2. The Balaban J connectivity index is 1.87. The van der Waals surface area contributed by atoms with E-state index in [2.05, 4.69) is 11.6 Å². The van der Waals surface area contributed by atoms with Gasteiger partial charge in [0.05, 0.1) is 12.5 Å². The largest absolute Gasteiger partial charge is 0.305 e. The monoisotopic (exact) mass is 298 g/mol. The molecule has 2 rings (SSSR count). The Kier molecular flexibility index (Phi) is 6.36. The van der Waals surface area contributed by atoms with Crippen molar-refractivity contribution in [1.29, 1.82) is 0 Å². The molecule has 0 radical (unpaired) electrons. The topological polar surface area (TPSA) is 49.4 Å². The van der Waals surface area contributed by atoms with E-state index >= 15 is 0 Å². The smallest absolute Gasteiger partial charge is 0.247 e. The fourth-order valence-electron chi connectivity index (χ4n) is 3.20. The van der Waals surface area contributed by atoms with Crippen LogP contribution in [0.4, 0.5) is 0 Å². The lowest BCUT2D eigenvalue weighted by Gasteiger charge is -2.25. The van der Waals surface area contributed by atoms with E-state index in [4.69, 9.17) is 0 Å². The second kappa shape index (κ2) is 8.03. The molecule has 4 nitrogen and oxygen atoms in total. The molecular weight excluding hydrogens is 272 g/mol. The summed E-state index contributed by atoms with van der Waals surface area (Å²) in [6.07, 6.45) is 10.2. The van der Waals surface area contributed by atoms with Gasteiger partial charge in [-0.1, -0.05) is 25.7 Å². The van der Waals surface area contributed by atoms with Crippen molar-refractivity contribution in [2.45, 2.75) is 63.5 Å². The molecule has 0 aromatic heterocycles. The summed E-state index contributed by atoms with van der Waals surface area (Å²) in [6.45, 7) is 0.822. The van der Waals surface area contributed by atoms with Gasteiger partial charge in [-0.15, -0.1) is 0 Å². The van der Waals surface area contributed by atoms with Gasteiger partial charge in [-0.2, -0.15) is 11.8 Å². The predicted molar refractivity (Wildman–Crippen MR) is 82.7 cm³/mol. The van der Waals surface area contributed by atoms with Gasteiger partial charge in [0.1, 0.15) is 0 Å². The predicted octanol–water partition coefficient (Wildman–Crippen LogP) is 2.18. The summed E-state index contributed by atoms with van der Waals surface area (Å²) in [7, 11) is 0. The summed E-state index contributed by atoms with van der Waals surface area (Å²) >= 11 is 1.81. The first-order valence-electron chi connectivity index (χ1n) is 7.82. The van der Waals surface area contributed by atoms with Crippen molar-refractivity contribution in [1.82, 2.24) is 10.2 Å². The van der Waals surface area contributed by atoms with E-state index in [9.17, 15) is 9.59 Å². The van der Waals surface area contributed by atoms with E-state index < -0.39 is 0 Å². The van der Waals surface area contributed by atoms with Crippen molar-refractivity contribution in [2.75, 3.05) is 18.6 Å². The molecule has 2 amide bonds. The number of imide groups is 1. The van der Waals surface area contributed by atoms with Crippen LogP contribution in [0.5, 0.6) is 0 Å². The maximum absolute atomic E-state index is 12.4. The number of thioether (sulfide) groups is 1. The summed E-state index contributed by atoms with van der Waals surface area (Å²) in [6, 6.07) is -0.108. The van der Waals surface area contributed by atoms with Crippen LogP contribution in [-0.2, 0) is 9.59 Å². The van der Waals surface area contributed by atoms with E-state index in [1.807, 2.05) is 11.8 Å². The molecule has 2 fully saturated rings. The van der Waals surface area contributed by atoms with E-state index in [1.165, 1.54) is 12.8 Å². The summed E-state index contributed by atoms with van der Waals surface area (Å²) in [5.41, 5.74) is 0. The highest BCUT2D eigenvalue weighted by Gasteiger charge is 2.41. The lowest BCUT2D eigenvalue weighted by atomic mass is 10.1. The Morgan fingerprint density at radius 3 is 2.55 bits per heavy atom. The molecule has 1 atom stereocenters. The van der Waals surface area contributed by atoms with Gasteiger partial charge in [-0.3, -0.25) is 14.5 Å². The molecule has 2 aliphatic rings. The molecule has 1 saturated heterocycles. The van der Waals surface area contributed by atoms with Crippen LogP contribution >= 0.6 is 11.8 Å². The summed E-state index contributed by atoms with van der Waals surface area (Å²) in [5, 5.41) is 3.26. The second-order valence-electron chi connectivity index (χ2n) is 5.80. The van der Waals surface area contributed by atoms with Crippen molar-refractivity contribution in [3.8, 4) is 0 Å². The minimum atomic E-state index is -0.271. The van der Waals surface area contributed by atoms with Gasteiger partial charge in [-0.05, 0) is 37.8 Å². The third kappa shape index (κ3) is 3.98. The number of carbonyl (C=O) groups excluding carboxylic acids is 2. The third-order valence-electron chi connectivity index (χ3n) is 4.29. The van der Waals surface area contributed by atoms with Crippen LogP contribution in [0.1, 0.15) is 51.4 Å². The molecule has 0 aromatic rings. The Morgan fingerprint density at radius 2 is 1.90 bits per heavy atom. The van der Waals surface area contributed by atoms with Crippen molar-refractivity contribution in [3.05, 3.63) is 0 Å². The molecule has 0 aromatic carbocycles. The summed E-state index contributed by atoms with van der Waals surface area (Å²) in [5.74, 6) is 1.14. The van der Waals surface area contributed by atoms with Crippen LogP contribution < -0.4 is 5.32 Å². The molecule has 0 bridgehead atoms. The van der Waals surface area contributed by atoms with E-state index in [0.29, 0.717) is 6.42 Å². The number of rotatable bonds is 6. The summed E-state index contributed by atoms with van der Waals surface area (Å²) in [4.78, 5) is 26.2. The molecule has 20 heavy (non-hydrogen) atoms. The third-order valence-corrected chi connectivity index (χ3v) is 4.99. The lowest BCUT2D eigenvalue weighted by Crippen LogP contribution is -2.44. The molecule has 1 unspecified atom stereocenters. The molecule has 1 N–H and O–H groups in total. The Bertz CT molecular complexity index is 341. The van der Waals surface area contributed by atoms with Crippen LogP contribution in [0.25, 0.3) is 0 Å². The molecule has 1 saturated carbocycles. The van der Waals surface area contributed by atoms with Gasteiger partial charge in [-0.25, -0.2) is 0 Å². The number of carbonyl (C=O) groups is 2. The van der Waals surface area contributed by atoms with Gasteiger partial charge >= 0.3 is 0 Å². The van der Waals surface area contributed by atoms with Crippen molar-refractivity contribution in [2.24, 2.45) is 0 Å². The fraction of sp³-hybridized carbons (Fsp3) is 0.867. The molecule has 114 valence electrons. The SMILES string of the molecule is CSCCCNC1CC(=O)N(C2CCCCCC2)C1=O. The molecule has 0 spiro atoms. The Morgan fingerprint density at radius 1 is 1.20 bits per heavy atom. The van der Waals surface area contributed by atoms with E-state index in [0.717, 1.165) is 44.4 Å². The van der Waals surface area contributed by atoms with Crippen molar-refractivity contribution in [3.63, 3.8) is 0 Å². The van der Waals surface area contributed by atoms with Gasteiger partial charge in [0.15, 0.2) is 0 Å². The Hall–Kier alpha value is -0.550. The number of nitrogens with zero attached hydrogens (tertiary/aromatic N) is 1. The van der Waals surface area contributed by atoms with Crippen LogP contribution in [0.15, 0.2) is 0 Å². The maximum atomic E-state index is 12.4. The van der Waals surface area contributed by atoms with E-state index in [1.54, 1.807) is 4.90 Å². The zero-order chi connectivity index (χ0) is 14.4. The Labute approximate surface area is 126 Å². The number of hydrogen-bond acceptors (Lipinski definition) is 4. The highest BCUT2D eigenvalue weighted by Crippen LogP contribution is 2.26. The van der Waals surface area contributed by atoms with Gasteiger partial charge < -0.3 is 5.32 Å². The first kappa shape index (κ1) is 15.8. The number of likely N-dealkylation sites (tertiary alicyclic amines) is 1. The molecule has 1 aliphatic heterocycles. The standard InChI is InChI=1S/C15H26N2O2S/c1-20-10-6-9-16-13-11-14(18)17(15(13)19)12-7-4-2-3-5-8-12/h12-13,16H,2-11H2,1H3. The molecule has 1 heterocycles. The van der Waals surface area contributed by atoms with Gasteiger partial charge in [0.2, 0.25) is 11.8 Å². The maximum Gasteiger partial charge on any atom is 0.247 e. The lowest BCUT2D eigenvalue weighted by molar-refractivity contribution is -0.141. The summed E-state index contributed by atoms with van der Waals surface area (Å²) < 4.78 is 0. The zero-order valence-electron chi connectivity index (χ0n) is 12.4. The molecule has 1 aliphatic carbocycles. The second-order valence-corrected chi connectivity index (χ2v) is 6.79. The van der Waals surface area contributed by atoms with Crippen LogP contribution in [0.3, 0.4) is 0 Å². The van der Waals surface area contributed by atoms with Crippen molar-refractivity contribution < 1.29 is 9.59 Å². The van der Waals surface area contributed by atoms with Gasteiger partial charge in [0, 0.05) is 6.04 Å². The quantitative estimate of drug-likeness (QED) is 0.464. The highest BCUT2D eigenvalue weighted by molar-refractivity contribution is 7.98. The fourth-order valence-corrected chi connectivity index (χ4v) is 3.64. The zero-order valence-corrected chi connectivity index (χ0v) is 13.2. The first-order chi connectivity index (χ1) is 9.74. The minimum Gasteiger partial charge on any atom is -0.305 e. The normalized spacial score (nSPS) is 25.2. The van der Waals surface area contributed by atoms with Gasteiger partial charge in [0.25, 0.3) is 0 Å². The molecular formula is C15H26N2O2S. The van der Waals surface area contributed by atoms with Crippen LogP contribution in [-0.4, -0.2) is 47.4 Å². The highest BCUT2D eigenvalue weighted by atomic mass is 32.2. The number of hydrogen-bond donors (Lipinski definition) is 1. The van der Waals surface area contributed by atoms with Crippen LogP contribution in [0, 0.1) is 0 Å². The average molecular weight is 298 g/mol. The molecule has 5 heteroatoms.